The van der Waals surface area contributed by atoms with Crippen molar-refractivity contribution in [2.24, 2.45) is 0 Å². The highest BCUT2D eigenvalue weighted by atomic mass is 16.7. The Balaban J connectivity index is 1.72. The first kappa shape index (κ1) is 22.2. The van der Waals surface area contributed by atoms with Crippen molar-refractivity contribution in [3.05, 3.63) is 64.6 Å². The van der Waals surface area contributed by atoms with Crippen LogP contribution in [0, 0.1) is 0 Å². The van der Waals surface area contributed by atoms with Crippen LogP contribution >= 0.6 is 0 Å². The number of H-pyrrole nitrogens is 1. The highest BCUT2D eigenvalue weighted by Crippen LogP contribution is 2.36. The summed E-state index contributed by atoms with van der Waals surface area (Å²) in [6.07, 6.45) is 3.04. The second-order valence-corrected chi connectivity index (χ2v) is 9.38. The molecule has 1 aliphatic rings. The van der Waals surface area contributed by atoms with E-state index in [4.69, 9.17) is 9.31 Å². The van der Waals surface area contributed by atoms with Crippen molar-refractivity contribution in [1.82, 2.24) is 9.97 Å². The van der Waals surface area contributed by atoms with Crippen molar-refractivity contribution in [2.75, 3.05) is 4.90 Å². The summed E-state index contributed by atoms with van der Waals surface area (Å²) in [6.45, 7) is 11.8. The lowest BCUT2D eigenvalue weighted by molar-refractivity contribution is 0.00578. The van der Waals surface area contributed by atoms with Crippen LogP contribution in [0.4, 0.5) is 5.69 Å². The number of aromatic amines is 1. The van der Waals surface area contributed by atoms with Crippen LogP contribution in [0.15, 0.2) is 53.6 Å². The standard InChI is InChI=1S/C24H28BN3O4/c1-15(2)28(22(30)19-14-27-21-18(20(19)29)11-8-12-26-21)17-10-7-9-16(13-17)25-31-23(3,4)24(5,6)32-25/h7-15H,1-6H3,(H,26,27,29). The van der Waals surface area contributed by atoms with Crippen molar-refractivity contribution < 1.29 is 14.1 Å². The Kier molecular flexibility index (Phi) is 5.47. The van der Waals surface area contributed by atoms with E-state index in [1.165, 1.54) is 6.20 Å². The number of rotatable bonds is 4. The van der Waals surface area contributed by atoms with E-state index in [-0.39, 0.29) is 22.9 Å². The molecule has 4 rings (SSSR count). The van der Waals surface area contributed by atoms with Crippen LogP contribution < -0.4 is 15.8 Å². The third-order valence-electron chi connectivity index (χ3n) is 6.29. The zero-order valence-corrected chi connectivity index (χ0v) is 19.3. The highest BCUT2D eigenvalue weighted by Gasteiger charge is 2.51. The van der Waals surface area contributed by atoms with Crippen molar-refractivity contribution >= 4 is 35.2 Å². The molecule has 1 amide bonds. The van der Waals surface area contributed by atoms with E-state index in [0.717, 1.165) is 5.46 Å². The van der Waals surface area contributed by atoms with Gasteiger partial charge in [0, 0.05) is 24.1 Å². The van der Waals surface area contributed by atoms with Crippen LogP contribution in [0.2, 0.25) is 0 Å². The van der Waals surface area contributed by atoms with Gasteiger partial charge in [0.1, 0.15) is 11.2 Å². The van der Waals surface area contributed by atoms with Gasteiger partial charge in [-0.25, -0.2) is 4.98 Å². The summed E-state index contributed by atoms with van der Waals surface area (Å²) in [5.41, 5.74) is 0.735. The summed E-state index contributed by atoms with van der Waals surface area (Å²) in [5.74, 6) is -0.377. The average molecular weight is 433 g/mol. The number of carbonyl (C=O) groups is 1. The average Bonchev–Trinajstić information content (AvgIpc) is 2.95. The number of hydrogen-bond acceptors (Lipinski definition) is 5. The molecule has 0 bridgehead atoms. The number of pyridine rings is 2. The molecule has 1 aliphatic heterocycles. The molecule has 0 aliphatic carbocycles. The normalized spacial score (nSPS) is 17.2. The molecular formula is C24H28BN3O4. The Morgan fingerprint density at radius 2 is 1.78 bits per heavy atom. The van der Waals surface area contributed by atoms with E-state index in [0.29, 0.717) is 16.7 Å². The molecule has 0 saturated carbocycles. The Bertz CT molecular complexity index is 1220. The third-order valence-corrected chi connectivity index (χ3v) is 6.29. The molecule has 32 heavy (non-hydrogen) atoms. The molecule has 0 spiro atoms. The molecule has 1 aromatic carbocycles. The number of nitrogens with zero attached hydrogens (tertiary/aromatic N) is 2. The van der Waals surface area contributed by atoms with Gasteiger partial charge in [-0.2, -0.15) is 0 Å². The molecule has 3 aromatic rings. The Morgan fingerprint density at radius 1 is 1.09 bits per heavy atom. The molecule has 166 valence electrons. The largest absolute Gasteiger partial charge is 0.494 e. The van der Waals surface area contributed by atoms with Gasteiger partial charge in [-0.15, -0.1) is 0 Å². The number of amides is 1. The number of carbonyl (C=O) groups excluding carboxylic acids is 1. The van der Waals surface area contributed by atoms with Gasteiger partial charge < -0.3 is 19.2 Å². The number of nitrogens with one attached hydrogen (secondary N) is 1. The molecule has 1 N–H and O–H groups in total. The molecule has 8 heteroatoms. The van der Waals surface area contributed by atoms with Gasteiger partial charge in [0.25, 0.3) is 5.91 Å². The first-order chi connectivity index (χ1) is 15.0. The van der Waals surface area contributed by atoms with Gasteiger partial charge in [-0.3, -0.25) is 9.59 Å². The van der Waals surface area contributed by atoms with Gasteiger partial charge in [0.15, 0.2) is 0 Å². The molecule has 0 radical (unpaired) electrons. The number of aromatic nitrogens is 2. The maximum absolute atomic E-state index is 13.5. The predicted octanol–water partition coefficient (Wildman–Crippen LogP) is 3.28. The fourth-order valence-corrected chi connectivity index (χ4v) is 3.79. The summed E-state index contributed by atoms with van der Waals surface area (Å²) in [4.78, 5) is 35.2. The molecule has 1 saturated heterocycles. The van der Waals surface area contributed by atoms with Gasteiger partial charge >= 0.3 is 7.12 Å². The van der Waals surface area contributed by atoms with Crippen LogP contribution in [0.3, 0.4) is 0 Å². The third kappa shape index (κ3) is 3.74. The Labute approximate surface area is 187 Å². The highest BCUT2D eigenvalue weighted by molar-refractivity contribution is 6.62. The molecular weight excluding hydrogens is 405 g/mol. The second-order valence-electron chi connectivity index (χ2n) is 9.38. The van der Waals surface area contributed by atoms with Crippen LogP contribution in [0.25, 0.3) is 11.0 Å². The maximum Gasteiger partial charge on any atom is 0.494 e. The van der Waals surface area contributed by atoms with E-state index < -0.39 is 18.3 Å². The van der Waals surface area contributed by atoms with Crippen molar-refractivity contribution in [1.29, 1.82) is 0 Å². The van der Waals surface area contributed by atoms with E-state index >= 15 is 0 Å². The van der Waals surface area contributed by atoms with Gasteiger partial charge in [-0.1, -0.05) is 12.1 Å². The van der Waals surface area contributed by atoms with E-state index in [9.17, 15) is 9.59 Å². The molecule has 0 atom stereocenters. The smallest absolute Gasteiger partial charge is 0.399 e. The first-order valence-electron chi connectivity index (χ1n) is 10.8. The number of hydrogen-bond donors (Lipinski definition) is 1. The Hall–Kier alpha value is -2.97. The van der Waals surface area contributed by atoms with Gasteiger partial charge in [-0.05, 0) is 71.3 Å². The molecule has 0 unspecified atom stereocenters. The lowest BCUT2D eigenvalue weighted by Gasteiger charge is -2.32. The number of benzene rings is 1. The fourth-order valence-electron chi connectivity index (χ4n) is 3.79. The van der Waals surface area contributed by atoms with Crippen molar-refractivity contribution in [3.8, 4) is 0 Å². The second kappa shape index (κ2) is 7.87. The van der Waals surface area contributed by atoms with Gasteiger partial charge in [0.05, 0.1) is 16.6 Å². The molecule has 7 nitrogen and oxygen atoms in total. The van der Waals surface area contributed by atoms with E-state index in [1.807, 2.05) is 65.8 Å². The summed E-state index contributed by atoms with van der Waals surface area (Å²) >= 11 is 0. The zero-order valence-electron chi connectivity index (χ0n) is 19.3. The Morgan fingerprint density at radius 3 is 2.44 bits per heavy atom. The SMILES string of the molecule is CC(C)N(C(=O)c1c[nH]c2ncccc2c1=O)c1cccc(B2OC(C)(C)C(C)(C)O2)c1. The lowest BCUT2D eigenvalue weighted by atomic mass is 9.79. The number of fused-ring (bicyclic) bond motifs is 1. The monoisotopic (exact) mass is 433 g/mol. The van der Waals surface area contributed by atoms with Crippen molar-refractivity contribution in [3.63, 3.8) is 0 Å². The first-order valence-corrected chi connectivity index (χ1v) is 10.8. The maximum atomic E-state index is 13.5. The van der Waals surface area contributed by atoms with Crippen LogP contribution in [0.1, 0.15) is 51.9 Å². The van der Waals surface area contributed by atoms with E-state index in [1.54, 1.807) is 23.2 Å². The minimum absolute atomic E-state index is 0.0697. The van der Waals surface area contributed by atoms with E-state index in [2.05, 4.69) is 9.97 Å². The quantitative estimate of drug-likeness (QED) is 0.639. The number of anilines is 1. The summed E-state index contributed by atoms with van der Waals surface area (Å²) in [7, 11) is -0.542. The molecule has 2 aromatic heterocycles. The van der Waals surface area contributed by atoms with Gasteiger partial charge in [0.2, 0.25) is 5.43 Å². The predicted molar refractivity (Wildman–Crippen MR) is 126 cm³/mol. The van der Waals surface area contributed by atoms with Crippen LogP contribution in [-0.2, 0) is 9.31 Å². The summed E-state index contributed by atoms with van der Waals surface area (Å²) < 4.78 is 12.3. The minimum Gasteiger partial charge on any atom is -0.399 e. The fraction of sp³-hybridized carbons (Fsp3) is 0.375. The van der Waals surface area contributed by atoms with Crippen molar-refractivity contribution in [2.45, 2.75) is 58.8 Å². The minimum atomic E-state index is -0.542. The zero-order chi connectivity index (χ0) is 23.3. The van der Waals surface area contributed by atoms with Crippen LogP contribution in [0.5, 0.6) is 0 Å². The summed E-state index contributed by atoms with van der Waals surface area (Å²) in [5, 5.41) is 0.382. The van der Waals surface area contributed by atoms with Crippen LogP contribution in [-0.4, -0.2) is 40.2 Å². The molecule has 1 fully saturated rings. The topological polar surface area (TPSA) is 84.5 Å². The molecule has 3 heterocycles. The lowest BCUT2D eigenvalue weighted by Crippen LogP contribution is -2.41. The summed E-state index contributed by atoms with van der Waals surface area (Å²) in [6, 6.07) is 10.7.